The van der Waals surface area contributed by atoms with E-state index in [1.165, 1.54) is 21.4 Å². The number of aryl methyl sites for hydroxylation is 2. The van der Waals surface area contributed by atoms with Gasteiger partial charge in [0.1, 0.15) is 0 Å². The first-order valence-electron chi connectivity index (χ1n) is 6.18. The molecule has 2 aromatic rings. The number of benzene rings is 1. The fourth-order valence-electron chi connectivity index (χ4n) is 2.87. The van der Waals surface area contributed by atoms with Crippen LogP contribution in [-0.2, 0) is 12.8 Å². The smallest absolute Gasteiger partial charge is 0.244 e. The summed E-state index contributed by atoms with van der Waals surface area (Å²) in [5.41, 5.74) is 4.73. The second-order valence-corrected chi connectivity index (χ2v) is 5.26. The Balaban J connectivity index is 2.20. The van der Waals surface area contributed by atoms with Gasteiger partial charge in [-0.2, -0.15) is 0 Å². The first-order chi connectivity index (χ1) is 8.66. The number of aromatic nitrogens is 1. The van der Waals surface area contributed by atoms with Crippen LogP contribution in [0.25, 0.3) is 0 Å². The highest BCUT2D eigenvalue weighted by atomic mass is 35.5. The van der Waals surface area contributed by atoms with Gasteiger partial charge in [-0.3, -0.25) is 5.21 Å². The predicted octanol–water partition coefficient (Wildman–Crippen LogP) is 3.12. The number of fused-ring (bicyclic) bond motifs is 2. The SMILES string of the molecule is CC1c2ccc(Cl)cc2CCc2ccc[n+](O)c21. The van der Waals surface area contributed by atoms with Gasteiger partial charge in [-0.25, -0.2) is 0 Å². The van der Waals surface area contributed by atoms with Gasteiger partial charge >= 0.3 is 0 Å². The second-order valence-electron chi connectivity index (χ2n) is 4.83. The Bertz CT molecular complexity index is 609. The fourth-order valence-corrected chi connectivity index (χ4v) is 3.07. The van der Waals surface area contributed by atoms with E-state index in [0.29, 0.717) is 0 Å². The molecule has 0 amide bonds. The average Bonchev–Trinajstić information content (AvgIpc) is 2.48. The third-order valence-electron chi connectivity index (χ3n) is 3.75. The van der Waals surface area contributed by atoms with Crippen molar-refractivity contribution in [3.63, 3.8) is 0 Å². The fraction of sp³-hybridized carbons (Fsp3) is 0.267. The van der Waals surface area contributed by atoms with Crippen LogP contribution in [0.5, 0.6) is 0 Å². The lowest BCUT2D eigenvalue weighted by atomic mass is 9.93. The first kappa shape index (κ1) is 11.5. The van der Waals surface area contributed by atoms with Gasteiger partial charge in [-0.05, 0) is 49.1 Å². The lowest BCUT2D eigenvalue weighted by Crippen LogP contribution is -2.37. The third-order valence-corrected chi connectivity index (χ3v) is 3.98. The lowest BCUT2D eigenvalue weighted by Gasteiger charge is -2.11. The summed E-state index contributed by atoms with van der Waals surface area (Å²) in [5.74, 6) is 0.181. The van der Waals surface area contributed by atoms with Crippen molar-refractivity contribution in [2.45, 2.75) is 25.7 Å². The van der Waals surface area contributed by atoms with E-state index < -0.39 is 0 Å². The Labute approximate surface area is 111 Å². The van der Waals surface area contributed by atoms with Gasteiger partial charge in [-0.1, -0.05) is 17.7 Å². The predicted molar refractivity (Wildman–Crippen MR) is 70.2 cm³/mol. The van der Waals surface area contributed by atoms with E-state index in [9.17, 15) is 5.21 Å². The molecular formula is C15H15ClNO+. The molecule has 2 nitrogen and oxygen atoms in total. The maximum atomic E-state index is 10.0. The Morgan fingerprint density at radius 2 is 2.00 bits per heavy atom. The topological polar surface area (TPSA) is 24.1 Å². The van der Waals surface area contributed by atoms with E-state index >= 15 is 0 Å². The molecule has 0 aliphatic heterocycles. The molecule has 18 heavy (non-hydrogen) atoms. The largest absolute Gasteiger partial charge is 0.285 e. The molecule has 3 rings (SSSR count). The van der Waals surface area contributed by atoms with Crippen molar-refractivity contribution in [1.29, 1.82) is 0 Å². The zero-order valence-corrected chi connectivity index (χ0v) is 11.0. The van der Waals surface area contributed by atoms with Crippen LogP contribution >= 0.6 is 11.6 Å². The highest BCUT2D eigenvalue weighted by molar-refractivity contribution is 6.30. The summed E-state index contributed by atoms with van der Waals surface area (Å²) in [7, 11) is 0. The van der Waals surface area contributed by atoms with Crippen LogP contribution in [0.4, 0.5) is 0 Å². The van der Waals surface area contributed by atoms with Gasteiger partial charge in [0.2, 0.25) is 11.9 Å². The minimum Gasteiger partial charge on any atom is -0.285 e. The summed E-state index contributed by atoms with van der Waals surface area (Å²) in [6, 6.07) is 10.0. The van der Waals surface area contributed by atoms with Crippen molar-refractivity contribution < 1.29 is 9.94 Å². The Morgan fingerprint density at radius 3 is 2.83 bits per heavy atom. The molecule has 1 aliphatic rings. The van der Waals surface area contributed by atoms with Crippen LogP contribution in [0, 0.1) is 0 Å². The molecule has 1 aromatic carbocycles. The number of hydrogen-bond donors (Lipinski definition) is 1. The summed E-state index contributed by atoms with van der Waals surface area (Å²) in [6.07, 6.45) is 3.60. The van der Waals surface area contributed by atoms with Crippen molar-refractivity contribution in [3.05, 3.63) is 63.9 Å². The van der Waals surface area contributed by atoms with Gasteiger partial charge in [-0.15, -0.1) is 0 Å². The molecule has 0 radical (unpaired) electrons. The van der Waals surface area contributed by atoms with E-state index in [0.717, 1.165) is 23.6 Å². The highest BCUT2D eigenvalue weighted by Gasteiger charge is 2.28. The molecule has 0 fully saturated rings. The molecule has 1 aliphatic carbocycles. The quantitative estimate of drug-likeness (QED) is 0.571. The molecule has 92 valence electrons. The molecule has 1 heterocycles. The van der Waals surface area contributed by atoms with E-state index in [-0.39, 0.29) is 5.92 Å². The molecule has 0 saturated carbocycles. The van der Waals surface area contributed by atoms with Crippen LogP contribution < -0.4 is 4.73 Å². The molecule has 1 N–H and O–H groups in total. The number of pyridine rings is 1. The zero-order valence-electron chi connectivity index (χ0n) is 10.2. The molecular weight excluding hydrogens is 246 g/mol. The van der Waals surface area contributed by atoms with Gasteiger partial charge in [0.25, 0.3) is 0 Å². The van der Waals surface area contributed by atoms with Crippen molar-refractivity contribution in [1.82, 2.24) is 0 Å². The second kappa shape index (κ2) is 4.29. The van der Waals surface area contributed by atoms with Gasteiger partial charge < -0.3 is 0 Å². The van der Waals surface area contributed by atoms with Gasteiger partial charge in [0, 0.05) is 21.4 Å². The number of nitrogens with zero attached hydrogens (tertiary/aromatic N) is 1. The normalized spacial score (nSPS) is 17.8. The van der Waals surface area contributed by atoms with E-state index in [2.05, 4.69) is 19.1 Å². The summed E-state index contributed by atoms with van der Waals surface area (Å²) >= 11 is 6.07. The molecule has 0 bridgehead atoms. The average molecular weight is 261 g/mol. The lowest BCUT2D eigenvalue weighted by molar-refractivity contribution is -0.910. The number of halogens is 1. The Kier molecular flexibility index (Phi) is 2.75. The minimum absolute atomic E-state index is 0.181. The summed E-state index contributed by atoms with van der Waals surface area (Å²) in [6.45, 7) is 2.13. The van der Waals surface area contributed by atoms with Gasteiger partial charge in [0.15, 0.2) is 0 Å². The third kappa shape index (κ3) is 1.77. The molecule has 1 unspecified atom stereocenters. The molecule has 3 heteroatoms. The van der Waals surface area contributed by atoms with Crippen LogP contribution in [0.1, 0.15) is 35.2 Å². The van der Waals surface area contributed by atoms with Crippen LogP contribution in [0.15, 0.2) is 36.5 Å². The molecule has 1 atom stereocenters. The molecule has 0 saturated heterocycles. The van der Waals surface area contributed by atoms with Crippen molar-refractivity contribution >= 4 is 11.6 Å². The summed E-state index contributed by atoms with van der Waals surface area (Å²) in [5, 5.41) is 10.8. The highest BCUT2D eigenvalue weighted by Crippen LogP contribution is 2.32. The van der Waals surface area contributed by atoms with E-state index in [4.69, 9.17) is 11.6 Å². The number of hydrogen-bond acceptors (Lipinski definition) is 1. The van der Waals surface area contributed by atoms with Crippen LogP contribution in [-0.4, -0.2) is 5.21 Å². The van der Waals surface area contributed by atoms with E-state index in [1.54, 1.807) is 6.20 Å². The minimum atomic E-state index is 0.181. The maximum absolute atomic E-state index is 10.0. The Hall–Kier alpha value is -1.54. The maximum Gasteiger partial charge on any atom is 0.244 e. The number of rotatable bonds is 0. The van der Waals surface area contributed by atoms with Crippen molar-refractivity contribution in [3.8, 4) is 0 Å². The summed E-state index contributed by atoms with van der Waals surface area (Å²) in [4.78, 5) is 0. The van der Waals surface area contributed by atoms with Gasteiger partial charge in [0.05, 0.1) is 5.92 Å². The first-order valence-corrected chi connectivity index (χ1v) is 6.55. The zero-order chi connectivity index (χ0) is 12.7. The van der Waals surface area contributed by atoms with Crippen molar-refractivity contribution in [2.75, 3.05) is 0 Å². The summed E-state index contributed by atoms with van der Waals surface area (Å²) < 4.78 is 1.25. The van der Waals surface area contributed by atoms with Crippen molar-refractivity contribution in [2.24, 2.45) is 0 Å². The van der Waals surface area contributed by atoms with Crippen LogP contribution in [0.2, 0.25) is 5.02 Å². The van der Waals surface area contributed by atoms with E-state index in [1.807, 2.05) is 18.2 Å². The standard InChI is InChI=1S/C15H15ClNO/c1-10-14-7-6-13(16)9-12(14)5-4-11-3-2-8-17(18)15(10)11/h2-3,6-10,18H,4-5H2,1H3/q+1. The van der Waals surface area contributed by atoms with Crippen LogP contribution in [0.3, 0.4) is 0 Å². The molecule has 0 spiro atoms. The molecule has 1 aromatic heterocycles. The Morgan fingerprint density at radius 1 is 1.22 bits per heavy atom. The monoisotopic (exact) mass is 260 g/mol.